The van der Waals surface area contributed by atoms with Crippen molar-refractivity contribution in [3.05, 3.63) is 35.4 Å². The third-order valence-electron chi connectivity index (χ3n) is 3.60. The van der Waals surface area contributed by atoms with E-state index >= 15 is 0 Å². The van der Waals surface area contributed by atoms with Crippen LogP contribution in [0.1, 0.15) is 18.4 Å². The highest BCUT2D eigenvalue weighted by molar-refractivity contribution is 6.01. The maximum atomic E-state index is 12.1. The first kappa shape index (κ1) is 15.1. The molecule has 1 fully saturated rings. The Morgan fingerprint density at radius 3 is 2.81 bits per heavy atom. The number of hydrogen-bond acceptors (Lipinski definition) is 4. The van der Waals surface area contributed by atoms with E-state index in [4.69, 9.17) is 5.26 Å². The number of carbonyl (C=O) groups excluding carboxylic acids is 1. The number of hydrogen-bond donors (Lipinski definition) is 2. The molecule has 1 aliphatic heterocycles. The van der Waals surface area contributed by atoms with Crippen LogP contribution in [0.2, 0.25) is 0 Å². The molecule has 110 valence electrons. The Balaban J connectivity index is 2.03. The van der Waals surface area contributed by atoms with Crippen molar-refractivity contribution in [3.8, 4) is 11.8 Å². The second-order valence-corrected chi connectivity index (χ2v) is 5.32. The van der Waals surface area contributed by atoms with E-state index in [1.165, 1.54) is 12.1 Å². The molecule has 5 heteroatoms. The summed E-state index contributed by atoms with van der Waals surface area (Å²) in [5.74, 6) is -0.243. The third kappa shape index (κ3) is 4.33. The van der Waals surface area contributed by atoms with Gasteiger partial charge in [-0.05, 0) is 56.8 Å². The summed E-state index contributed by atoms with van der Waals surface area (Å²) < 4.78 is 0. The van der Waals surface area contributed by atoms with Crippen LogP contribution >= 0.6 is 0 Å². The van der Waals surface area contributed by atoms with Gasteiger partial charge < -0.3 is 15.3 Å². The third-order valence-corrected chi connectivity index (χ3v) is 3.60. The van der Waals surface area contributed by atoms with Gasteiger partial charge in [0.1, 0.15) is 17.4 Å². The number of carbonyl (C=O) groups is 1. The van der Waals surface area contributed by atoms with E-state index < -0.39 is 0 Å². The molecule has 0 atom stereocenters. The minimum Gasteiger partial charge on any atom is -0.508 e. The summed E-state index contributed by atoms with van der Waals surface area (Å²) in [5.41, 5.74) is 0.685. The SMILES string of the molecule is CN1CCC(NC(=O)/C(C#N)=C/c2cccc(O)c2)CC1. The van der Waals surface area contributed by atoms with Gasteiger partial charge in [0.2, 0.25) is 0 Å². The van der Waals surface area contributed by atoms with Gasteiger partial charge in [0, 0.05) is 6.04 Å². The predicted octanol–water partition coefficient (Wildman–Crippen LogP) is 1.51. The summed E-state index contributed by atoms with van der Waals surface area (Å²) in [5, 5.41) is 21.5. The maximum absolute atomic E-state index is 12.1. The lowest BCUT2D eigenvalue weighted by Crippen LogP contribution is -2.43. The molecule has 0 spiro atoms. The number of phenols is 1. The molecule has 0 bridgehead atoms. The van der Waals surface area contributed by atoms with Gasteiger partial charge in [0.05, 0.1) is 0 Å². The van der Waals surface area contributed by atoms with Crippen molar-refractivity contribution >= 4 is 12.0 Å². The highest BCUT2D eigenvalue weighted by atomic mass is 16.3. The number of amides is 1. The van der Waals surface area contributed by atoms with E-state index in [0.717, 1.165) is 25.9 Å². The Labute approximate surface area is 124 Å². The molecule has 2 rings (SSSR count). The lowest BCUT2D eigenvalue weighted by Gasteiger charge is -2.29. The first-order valence-corrected chi connectivity index (χ1v) is 6.98. The van der Waals surface area contributed by atoms with Gasteiger partial charge in [0.25, 0.3) is 5.91 Å². The number of piperidine rings is 1. The van der Waals surface area contributed by atoms with Crippen LogP contribution < -0.4 is 5.32 Å². The van der Waals surface area contributed by atoms with Crippen molar-refractivity contribution in [1.29, 1.82) is 5.26 Å². The van der Waals surface area contributed by atoms with Crippen LogP contribution in [0, 0.1) is 11.3 Å². The van der Waals surface area contributed by atoms with Crippen molar-refractivity contribution < 1.29 is 9.90 Å². The van der Waals surface area contributed by atoms with Crippen LogP contribution in [0.15, 0.2) is 29.8 Å². The Morgan fingerprint density at radius 1 is 1.48 bits per heavy atom. The fraction of sp³-hybridized carbons (Fsp3) is 0.375. The zero-order chi connectivity index (χ0) is 15.2. The molecule has 2 N–H and O–H groups in total. The van der Waals surface area contributed by atoms with Crippen LogP contribution in [0.5, 0.6) is 5.75 Å². The molecule has 0 saturated carbocycles. The molecule has 0 unspecified atom stereocenters. The summed E-state index contributed by atoms with van der Waals surface area (Å²) in [6.07, 6.45) is 3.28. The van der Waals surface area contributed by atoms with Crippen LogP contribution in [0.3, 0.4) is 0 Å². The summed E-state index contributed by atoms with van der Waals surface area (Å²) in [6, 6.07) is 8.51. The summed E-state index contributed by atoms with van der Waals surface area (Å²) in [7, 11) is 2.06. The minimum atomic E-state index is -0.351. The summed E-state index contributed by atoms with van der Waals surface area (Å²) >= 11 is 0. The van der Waals surface area contributed by atoms with E-state index in [9.17, 15) is 9.90 Å². The number of benzene rings is 1. The van der Waals surface area contributed by atoms with Crippen LogP contribution in [-0.2, 0) is 4.79 Å². The fourth-order valence-electron chi connectivity index (χ4n) is 2.35. The highest BCUT2D eigenvalue weighted by Crippen LogP contribution is 2.15. The molecular formula is C16H19N3O2. The normalized spacial score (nSPS) is 17.2. The molecule has 1 saturated heterocycles. The molecule has 0 radical (unpaired) electrons. The molecule has 1 aromatic carbocycles. The monoisotopic (exact) mass is 285 g/mol. The molecule has 1 amide bonds. The average molecular weight is 285 g/mol. The molecule has 1 aromatic rings. The van der Waals surface area contributed by atoms with Crippen molar-refractivity contribution in [2.45, 2.75) is 18.9 Å². The Bertz CT molecular complexity index is 581. The first-order chi connectivity index (χ1) is 10.1. The molecule has 0 aromatic heterocycles. The largest absolute Gasteiger partial charge is 0.508 e. The zero-order valence-electron chi connectivity index (χ0n) is 12.0. The van der Waals surface area contributed by atoms with E-state index in [1.54, 1.807) is 18.2 Å². The predicted molar refractivity (Wildman–Crippen MR) is 80.4 cm³/mol. The first-order valence-electron chi connectivity index (χ1n) is 6.98. The van der Waals surface area contributed by atoms with Crippen LogP contribution in [0.4, 0.5) is 0 Å². The standard InChI is InChI=1S/C16H19N3O2/c1-19-7-5-14(6-8-19)18-16(21)13(11-17)9-12-3-2-4-15(20)10-12/h2-4,9-10,14,20H,5-8H2,1H3,(H,18,21)/b13-9+. The molecule has 0 aliphatic carbocycles. The minimum absolute atomic E-state index is 0.0551. The highest BCUT2D eigenvalue weighted by Gasteiger charge is 2.20. The number of aromatic hydroxyl groups is 1. The van der Waals surface area contributed by atoms with E-state index in [1.807, 2.05) is 6.07 Å². The molecular weight excluding hydrogens is 266 g/mol. The lowest BCUT2D eigenvalue weighted by atomic mass is 10.0. The topological polar surface area (TPSA) is 76.4 Å². The second-order valence-electron chi connectivity index (χ2n) is 5.32. The lowest BCUT2D eigenvalue weighted by molar-refractivity contribution is -0.118. The quantitative estimate of drug-likeness (QED) is 0.652. The number of rotatable bonds is 3. The van der Waals surface area contributed by atoms with E-state index in [2.05, 4.69) is 17.3 Å². The van der Waals surface area contributed by atoms with E-state index in [0.29, 0.717) is 5.56 Å². The Hall–Kier alpha value is -2.32. The molecule has 1 heterocycles. The van der Waals surface area contributed by atoms with Crippen molar-refractivity contribution in [2.24, 2.45) is 0 Å². The number of nitrogens with one attached hydrogen (secondary N) is 1. The number of nitriles is 1. The van der Waals surface area contributed by atoms with Gasteiger partial charge in [-0.1, -0.05) is 12.1 Å². The molecule has 1 aliphatic rings. The maximum Gasteiger partial charge on any atom is 0.262 e. The zero-order valence-corrected chi connectivity index (χ0v) is 12.0. The summed E-state index contributed by atoms with van der Waals surface area (Å²) in [4.78, 5) is 14.4. The second kappa shape index (κ2) is 6.91. The van der Waals surface area contributed by atoms with Crippen molar-refractivity contribution in [2.75, 3.05) is 20.1 Å². The fourth-order valence-corrected chi connectivity index (χ4v) is 2.35. The van der Waals surface area contributed by atoms with Gasteiger partial charge in [-0.15, -0.1) is 0 Å². The molecule has 21 heavy (non-hydrogen) atoms. The molecule has 5 nitrogen and oxygen atoms in total. The number of nitrogens with zero attached hydrogens (tertiary/aromatic N) is 2. The average Bonchev–Trinajstić information content (AvgIpc) is 2.47. The number of phenolic OH excluding ortho intramolecular Hbond substituents is 1. The Morgan fingerprint density at radius 2 is 2.19 bits per heavy atom. The van der Waals surface area contributed by atoms with Crippen LogP contribution in [0.25, 0.3) is 6.08 Å². The van der Waals surface area contributed by atoms with Gasteiger partial charge in [0.15, 0.2) is 0 Å². The summed E-state index contributed by atoms with van der Waals surface area (Å²) in [6.45, 7) is 1.90. The van der Waals surface area contributed by atoms with Crippen molar-refractivity contribution in [1.82, 2.24) is 10.2 Å². The van der Waals surface area contributed by atoms with Gasteiger partial charge >= 0.3 is 0 Å². The van der Waals surface area contributed by atoms with Crippen molar-refractivity contribution in [3.63, 3.8) is 0 Å². The smallest absolute Gasteiger partial charge is 0.262 e. The number of likely N-dealkylation sites (tertiary alicyclic amines) is 1. The Kier molecular flexibility index (Phi) is 4.96. The van der Waals surface area contributed by atoms with Crippen LogP contribution in [-0.4, -0.2) is 42.1 Å². The van der Waals surface area contributed by atoms with Gasteiger partial charge in [-0.25, -0.2) is 0 Å². The van der Waals surface area contributed by atoms with Gasteiger partial charge in [-0.2, -0.15) is 5.26 Å². The van der Waals surface area contributed by atoms with E-state index in [-0.39, 0.29) is 23.3 Å². The van der Waals surface area contributed by atoms with Gasteiger partial charge in [-0.3, -0.25) is 4.79 Å².